The molecule has 0 fully saturated rings. The van der Waals surface area contributed by atoms with Crippen LogP contribution in [0.3, 0.4) is 0 Å². The molecule has 2 aromatic carbocycles. The lowest BCUT2D eigenvalue weighted by atomic mass is 10.1. The van der Waals surface area contributed by atoms with E-state index in [1.54, 1.807) is 6.20 Å². The lowest BCUT2D eigenvalue weighted by Gasteiger charge is -2.11. The van der Waals surface area contributed by atoms with E-state index in [-0.39, 0.29) is 16.9 Å². The predicted molar refractivity (Wildman–Crippen MR) is 96.6 cm³/mol. The highest BCUT2D eigenvalue weighted by atomic mass is 19.1. The van der Waals surface area contributed by atoms with Crippen LogP contribution < -0.4 is 5.32 Å². The van der Waals surface area contributed by atoms with Crippen molar-refractivity contribution in [3.05, 3.63) is 82.9 Å². The Morgan fingerprint density at radius 1 is 1.00 bits per heavy atom. The summed E-state index contributed by atoms with van der Waals surface area (Å²) < 4.78 is 14.5. The number of benzene rings is 2. The van der Waals surface area contributed by atoms with Gasteiger partial charge in [-0.1, -0.05) is 6.07 Å². The van der Waals surface area contributed by atoms with Crippen molar-refractivity contribution in [1.29, 1.82) is 0 Å². The fourth-order valence-corrected chi connectivity index (χ4v) is 2.64. The van der Waals surface area contributed by atoms with Gasteiger partial charge in [-0.05, 0) is 67.4 Å². The van der Waals surface area contributed by atoms with Crippen LogP contribution in [0.2, 0.25) is 0 Å². The Kier molecular flexibility index (Phi) is 4.58. The summed E-state index contributed by atoms with van der Waals surface area (Å²) in [5.74, 6) is -2.12. The Morgan fingerprint density at radius 3 is 2.31 bits per heavy atom. The highest BCUT2D eigenvalue weighted by molar-refractivity contribution is 6.07. The number of carbonyl (C=O) groups is 2. The molecular formula is C20H17FN2O3. The van der Waals surface area contributed by atoms with Crippen LogP contribution in [-0.2, 0) is 0 Å². The summed E-state index contributed by atoms with van der Waals surface area (Å²) in [6.07, 6.45) is 1.59. The fourth-order valence-electron chi connectivity index (χ4n) is 2.64. The number of carboxylic acid groups (broad SMARTS) is 1. The van der Waals surface area contributed by atoms with Gasteiger partial charge in [0.1, 0.15) is 5.82 Å². The Bertz CT molecular complexity index is 991. The number of hydrogen-bond donors (Lipinski definition) is 2. The first-order chi connectivity index (χ1) is 12.4. The normalized spacial score (nSPS) is 10.6. The summed E-state index contributed by atoms with van der Waals surface area (Å²) in [4.78, 5) is 24.1. The molecule has 0 saturated carbocycles. The number of carbonyl (C=O) groups excluding carboxylic acids is 1. The van der Waals surface area contributed by atoms with Crippen molar-refractivity contribution in [3.63, 3.8) is 0 Å². The van der Waals surface area contributed by atoms with Crippen molar-refractivity contribution in [2.75, 3.05) is 5.32 Å². The van der Waals surface area contributed by atoms with E-state index in [0.29, 0.717) is 5.69 Å². The molecule has 6 heteroatoms. The van der Waals surface area contributed by atoms with Crippen molar-refractivity contribution < 1.29 is 19.1 Å². The minimum atomic E-state index is -1.16. The Labute approximate surface area is 149 Å². The molecule has 0 bridgehead atoms. The van der Waals surface area contributed by atoms with E-state index in [1.807, 2.05) is 32.0 Å². The lowest BCUT2D eigenvalue weighted by Crippen LogP contribution is -2.15. The van der Waals surface area contributed by atoms with Crippen LogP contribution in [-0.4, -0.2) is 21.6 Å². The second-order valence-corrected chi connectivity index (χ2v) is 5.98. The van der Waals surface area contributed by atoms with Crippen LogP contribution in [0.4, 0.5) is 10.1 Å². The second kappa shape index (κ2) is 6.84. The van der Waals surface area contributed by atoms with Crippen molar-refractivity contribution in [1.82, 2.24) is 4.57 Å². The first-order valence-corrected chi connectivity index (χ1v) is 7.96. The summed E-state index contributed by atoms with van der Waals surface area (Å²) in [6.45, 7) is 3.92. The summed E-state index contributed by atoms with van der Waals surface area (Å²) >= 11 is 0. The summed E-state index contributed by atoms with van der Waals surface area (Å²) in [6, 6.07) is 12.2. The quantitative estimate of drug-likeness (QED) is 0.740. The Hall–Kier alpha value is -3.41. The highest BCUT2D eigenvalue weighted by Crippen LogP contribution is 2.24. The van der Waals surface area contributed by atoms with Crippen LogP contribution in [0.25, 0.3) is 5.69 Å². The van der Waals surface area contributed by atoms with Crippen LogP contribution in [0.1, 0.15) is 32.0 Å². The van der Waals surface area contributed by atoms with E-state index in [1.165, 1.54) is 34.9 Å². The van der Waals surface area contributed by atoms with E-state index in [9.17, 15) is 19.1 Å². The van der Waals surface area contributed by atoms with Gasteiger partial charge < -0.3 is 15.0 Å². The van der Waals surface area contributed by atoms with Crippen LogP contribution >= 0.6 is 0 Å². The largest absolute Gasteiger partial charge is 0.476 e. The Balaban J connectivity index is 1.97. The van der Waals surface area contributed by atoms with Gasteiger partial charge in [-0.2, -0.15) is 0 Å². The highest BCUT2D eigenvalue weighted by Gasteiger charge is 2.20. The maximum atomic E-state index is 13.0. The molecule has 0 saturated heterocycles. The van der Waals surface area contributed by atoms with E-state index in [2.05, 4.69) is 5.32 Å². The third-order valence-corrected chi connectivity index (χ3v) is 4.21. The minimum absolute atomic E-state index is 0.0521. The van der Waals surface area contributed by atoms with Gasteiger partial charge in [-0.25, -0.2) is 9.18 Å². The molecule has 0 aliphatic heterocycles. The first kappa shape index (κ1) is 17.4. The molecule has 1 heterocycles. The molecule has 0 aliphatic rings. The van der Waals surface area contributed by atoms with Gasteiger partial charge in [-0.15, -0.1) is 0 Å². The average Bonchev–Trinajstić information content (AvgIpc) is 3.01. The minimum Gasteiger partial charge on any atom is -0.476 e. The van der Waals surface area contributed by atoms with E-state index in [4.69, 9.17) is 0 Å². The molecule has 2 N–H and O–H groups in total. The lowest BCUT2D eigenvalue weighted by molar-refractivity contribution is 0.0689. The van der Waals surface area contributed by atoms with Crippen molar-refractivity contribution >= 4 is 17.6 Å². The molecular weight excluding hydrogens is 335 g/mol. The molecule has 0 atom stereocenters. The second-order valence-electron chi connectivity index (χ2n) is 5.98. The predicted octanol–water partition coefficient (Wildman–Crippen LogP) is 4.18. The van der Waals surface area contributed by atoms with Gasteiger partial charge in [0.2, 0.25) is 0 Å². The van der Waals surface area contributed by atoms with Gasteiger partial charge in [0, 0.05) is 17.4 Å². The third kappa shape index (κ3) is 3.35. The monoisotopic (exact) mass is 352 g/mol. The van der Waals surface area contributed by atoms with Gasteiger partial charge in [0.15, 0.2) is 5.69 Å². The zero-order valence-corrected chi connectivity index (χ0v) is 14.3. The summed E-state index contributed by atoms with van der Waals surface area (Å²) in [7, 11) is 0. The summed E-state index contributed by atoms with van der Waals surface area (Å²) in [5, 5.41) is 12.2. The maximum absolute atomic E-state index is 13.0. The molecule has 3 rings (SSSR count). The number of nitrogens with zero attached hydrogens (tertiary/aromatic N) is 1. The number of nitrogens with one attached hydrogen (secondary N) is 1. The first-order valence-electron chi connectivity index (χ1n) is 7.96. The number of rotatable bonds is 4. The van der Waals surface area contributed by atoms with Crippen LogP contribution in [0.15, 0.2) is 54.7 Å². The summed E-state index contributed by atoms with van der Waals surface area (Å²) in [5.41, 5.74) is 3.18. The van der Waals surface area contributed by atoms with E-state index < -0.39 is 17.7 Å². The number of aryl methyl sites for hydroxylation is 2. The molecule has 26 heavy (non-hydrogen) atoms. The van der Waals surface area contributed by atoms with Gasteiger partial charge in [-0.3, -0.25) is 4.79 Å². The van der Waals surface area contributed by atoms with E-state index >= 15 is 0 Å². The average molecular weight is 352 g/mol. The number of halogens is 1. The molecule has 3 aromatic rings. The van der Waals surface area contributed by atoms with Crippen LogP contribution in [0.5, 0.6) is 0 Å². The van der Waals surface area contributed by atoms with Crippen molar-refractivity contribution in [3.8, 4) is 5.69 Å². The topological polar surface area (TPSA) is 71.3 Å². The maximum Gasteiger partial charge on any atom is 0.355 e. The van der Waals surface area contributed by atoms with Gasteiger partial charge in [0.05, 0.1) is 5.69 Å². The van der Waals surface area contributed by atoms with Crippen LogP contribution in [0, 0.1) is 19.7 Å². The molecule has 0 radical (unpaired) electrons. The third-order valence-electron chi connectivity index (χ3n) is 4.21. The SMILES string of the molecule is Cc1ccc(-n2ccc(NC(=O)c3ccc(F)cc3)c2C(=O)O)cc1C. The molecule has 0 aliphatic carbocycles. The number of aromatic nitrogens is 1. The van der Waals surface area contributed by atoms with Crippen molar-refractivity contribution in [2.45, 2.75) is 13.8 Å². The zero-order valence-electron chi connectivity index (χ0n) is 14.3. The van der Waals surface area contributed by atoms with Crippen molar-refractivity contribution in [2.24, 2.45) is 0 Å². The molecule has 5 nitrogen and oxygen atoms in total. The van der Waals surface area contributed by atoms with E-state index in [0.717, 1.165) is 11.1 Å². The standard InChI is InChI=1S/C20H17FN2O3/c1-12-3-8-16(11-13(12)2)23-10-9-17(18(23)20(25)26)22-19(24)14-4-6-15(21)7-5-14/h3-11H,1-2H3,(H,22,24)(H,25,26). The zero-order chi connectivity index (χ0) is 18.8. The number of carboxylic acids is 1. The molecule has 0 spiro atoms. The smallest absolute Gasteiger partial charge is 0.355 e. The van der Waals surface area contributed by atoms with Gasteiger partial charge >= 0.3 is 5.97 Å². The Morgan fingerprint density at radius 2 is 1.69 bits per heavy atom. The van der Waals surface area contributed by atoms with Gasteiger partial charge in [0.25, 0.3) is 5.91 Å². The number of aromatic carboxylic acids is 1. The number of anilines is 1. The number of amides is 1. The molecule has 0 unspecified atom stereocenters. The molecule has 1 aromatic heterocycles. The number of hydrogen-bond acceptors (Lipinski definition) is 2. The molecule has 132 valence electrons. The molecule has 1 amide bonds. The fraction of sp³-hybridized carbons (Fsp3) is 0.100.